The number of alkyl halides is 3. The third kappa shape index (κ3) is 3.26. The number of amides is 1. The van der Waals surface area contributed by atoms with E-state index in [2.05, 4.69) is 0 Å². The normalized spacial score (nSPS) is 20.3. The molecule has 9 heteroatoms. The SMILES string of the molecule is Nc1c(Cl)cc(C(=O)N2CCC[C@@H]2[C@H](O)C(F)(F)F)cc1Cl. The van der Waals surface area contributed by atoms with E-state index in [4.69, 9.17) is 28.9 Å². The van der Waals surface area contributed by atoms with Gasteiger partial charge in [0.1, 0.15) is 0 Å². The Kier molecular flexibility index (Phi) is 4.79. The van der Waals surface area contributed by atoms with E-state index in [1.807, 2.05) is 0 Å². The zero-order chi connectivity index (χ0) is 16.7. The van der Waals surface area contributed by atoms with Crippen LogP contribution >= 0.6 is 23.2 Å². The maximum atomic E-state index is 12.7. The summed E-state index contributed by atoms with van der Waals surface area (Å²) in [6.45, 7) is 0.121. The standard InChI is InChI=1S/C13H13Cl2F3N2O2/c14-7-4-6(5-8(15)10(7)19)12(22)20-3-1-2-9(20)11(21)13(16,17)18/h4-5,9,11,21H,1-3,19H2/t9-,11+/m1/s1. The van der Waals surface area contributed by atoms with Gasteiger partial charge in [0.25, 0.3) is 5.91 Å². The number of carbonyl (C=O) groups is 1. The van der Waals surface area contributed by atoms with Gasteiger partial charge in [-0.2, -0.15) is 13.2 Å². The van der Waals surface area contributed by atoms with E-state index >= 15 is 0 Å². The zero-order valence-corrected chi connectivity index (χ0v) is 12.7. The van der Waals surface area contributed by atoms with Crippen LogP contribution in [-0.2, 0) is 0 Å². The molecule has 1 aliphatic heterocycles. The van der Waals surface area contributed by atoms with E-state index in [-0.39, 0.29) is 34.3 Å². The second kappa shape index (κ2) is 6.14. The van der Waals surface area contributed by atoms with Crippen LogP contribution in [0, 0.1) is 0 Å². The molecule has 2 atom stereocenters. The lowest BCUT2D eigenvalue weighted by Gasteiger charge is -2.30. The number of carbonyl (C=O) groups excluding carboxylic acids is 1. The van der Waals surface area contributed by atoms with Gasteiger partial charge in [-0.25, -0.2) is 0 Å². The first kappa shape index (κ1) is 17.2. The van der Waals surface area contributed by atoms with Crippen molar-refractivity contribution in [1.82, 2.24) is 4.90 Å². The molecule has 0 aromatic heterocycles. The summed E-state index contributed by atoms with van der Waals surface area (Å²) in [5.41, 5.74) is 5.68. The van der Waals surface area contributed by atoms with Crippen molar-refractivity contribution in [2.24, 2.45) is 0 Å². The number of aliphatic hydroxyl groups is 1. The molecule has 0 spiro atoms. The molecule has 4 nitrogen and oxygen atoms in total. The van der Waals surface area contributed by atoms with E-state index in [1.54, 1.807) is 0 Å². The monoisotopic (exact) mass is 356 g/mol. The number of rotatable bonds is 2. The molecule has 1 aromatic carbocycles. The average molecular weight is 357 g/mol. The Bertz CT molecular complexity index is 572. The molecule has 1 aliphatic rings. The van der Waals surface area contributed by atoms with Gasteiger partial charge in [-0.1, -0.05) is 23.2 Å². The summed E-state index contributed by atoms with van der Waals surface area (Å²) in [6, 6.07) is 1.18. The van der Waals surface area contributed by atoms with Gasteiger partial charge in [0.05, 0.1) is 21.8 Å². The molecule has 1 aromatic rings. The maximum absolute atomic E-state index is 12.7. The Labute approximate surface area is 134 Å². The first-order valence-corrected chi connectivity index (χ1v) is 7.18. The van der Waals surface area contributed by atoms with Crippen molar-refractivity contribution in [1.29, 1.82) is 0 Å². The molecule has 0 aliphatic carbocycles. The predicted octanol–water partition coefficient (Wildman–Crippen LogP) is 3.10. The quantitative estimate of drug-likeness (QED) is 0.800. The van der Waals surface area contributed by atoms with Gasteiger partial charge >= 0.3 is 6.18 Å². The molecule has 1 heterocycles. The highest BCUT2D eigenvalue weighted by Gasteiger charge is 2.48. The largest absolute Gasteiger partial charge is 0.416 e. The number of hydrogen-bond acceptors (Lipinski definition) is 3. The highest BCUT2D eigenvalue weighted by molar-refractivity contribution is 6.39. The number of nitrogens with zero attached hydrogens (tertiary/aromatic N) is 1. The summed E-state index contributed by atoms with van der Waals surface area (Å²) in [4.78, 5) is 13.4. The molecule has 3 N–H and O–H groups in total. The first-order valence-electron chi connectivity index (χ1n) is 6.43. The van der Waals surface area contributed by atoms with E-state index in [0.717, 1.165) is 4.90 Å². The lowest BCUT2D eigenvalue weighted by Crippen LogP contribution is -2.49. The summed E-state index contributed by atoms with van der Waals surface area (Å²) in [5, 5.41) is 9.50. The molecule has 0 bridgehead atoms. The Balaban J connectivity index is 2.29. The number of aliphatic hydroxyl groups excluding tert-OH is 1. The Hall–Kier alpha value is -1.18. The van der Waals surface area contributed by atoms with Crippen LogP contribution < -0.4 is 5.73 Å². The van der Waals surface area contributed by atoms with Gasteiger partial charge in [0, 0.05) is 12.1 Å². The number of nitrogens with two attached hydrogens (primary N) is 1. The fourth-order valence-corrected chi connectivity index (χ4v) is 2.95. The topological polar surface area (TPSA) is 66.6 Å². The summed E-state index contributed by atoms with van der Waals surface area (Å²) >= 11 is 11.7. The number of nitrogen functional groups attached to an aromatic ring is 1. The van der Waals surface area contributed by atoms with Gasteiger partial charge in [0.15, 0.2) is 6.10 Å². The van der Waals surface area contributed by atoms with Crippen LogP contribution in [0.2, 0.25) is 10.0 Å². The summed E-state index contributed by atoms with van der Waals surface area (Å²) < 4.78 is 38.0. The van der Waals surface area contributed by atoms with Crippen molar-refractivity contribution < 1.29 is 23.1 Å². The fourth-order valence-electron chi connectivity index (χ4n) is 2.46. The predicted molar refractivity (Wildman–Crippen MR) is 77.0 cm³/mol. The number of hydrogen-bond donors (Lipinski definition) is 2. The molecule has 0 saturated carbocycles. The van der Waals surface area contributed by atoms with Crippen molar-refractivity contribution in [2.75, 3.05) is 12.3 Å². The lowest BCUT2D eigenvalue weighted by atomic mass is 10.1. The van der Waals surface area contributed by atoms with Crippen LogP contribution in [0.3, 0.4) is 0 Å². The minimum Gasteiger partial charge on any atom is -0.396 e. The van der Waals surface area contributed by atoms with Gasteiger partial charge in [0.2, 0.25) is 0 Å². The Morgan fingerprint density at radius 1 is 1.36 bits per heavy atom. The van der Waals surface area contributed by atoms with Gasteiger partial charge < -0.3 is 15.7 Å². The molecule has 122 valence electrons. The molecular formula is C13H13Cl2F3N2O2. The summed E-state index contributed by atoms with van der Waals surface area (Å²) in [5.74, 6) is -0.672. The van der Waals surface area contributed by atoms with Gasteiger partial charge in [-0.3, -0.25) is 4.79 Å². The molecular weight excluding hydrogens is 344 g/mol. The Morgan fingerprint density at radius 2 is 1.91 bits per heavy atom. The Morgan fingerprint density at radius 3 is 2.41 bits per heavy atom. The number of benzene rings is 1. The van der Waals surface area contributed by atoms with Crippen molar-refractivity contribution in [3.8, 4) is 0 Å². The van der Waals surface area contributed by atoms with E-state index in [0.29, 0.717) is 6.42 Å². The highest BCUT2D eigenvalue weighted by Crippen LogP contribution is 2.33. The van der Waals surface area contributed by atoms with Gasteiger partial charge in [-0.05, 0) is 25.0 Å². The number of halogens is 5. The smallest absolute Gasteiger partial charge is 0.396 e. The first-order chi connectivity index (χ1) is 10.1. The van der Waals surface area contributed by atoms with E-state index in [9.17, 15) is 23.1 Å². The molecule has 1 fully saturated rings. The molecule has 2 rings (SSSR count). The molecule has 1 amide bonds. The average Bonchev–Trinajstić information content (AvgIpc) is 2.90. The van der Waals surface area contributed by atoms with Crippen molar-refractivity contribution in [3.63, 3.8) is 0 Å². The van der Waals surface area contributed by atoms with Crippen LogP contribution in [0.1, 0.15) is 23.2 Å². The summed E-state index contributed by atoms with van der Waals surface area (Å²) in [7, 11) is 0. The van der Waals surface area contributed by atoms with Crippen LogP contribution in [0.25, 0.3) is 0 Å². The highest BCUT2D eigenvalue weighted by atomic mass is 35.5. The van der Waals surface area contributed by atoms with E-state index < -0.39 is 24.2 Å². The number of likely N-dealkylation sites (tertiary alicyclic amines) is 1. The second-order valence-corrected chi connectivity index (χ2v) is 5.86. The maximum Gasteiger partial charge on any atom is 0.416 e. The van der Waals surface area contributed by atoms with Crippen molar-refractivity contribution in [3.05, 3.63) is 27.7 Å². The number of anilines is 1. The fraction of sp³-hybridized carbons (Fsp3) is 0.462. The second-order valence-electron chi connectivity index (χ2n) is 5.05. The molecule has 0 unspecified atom stereocenters. The van der Waals surface area contributed by atoms with E-state index in [1.165, 1.54) is 12.1 Å². The van der Waals surface area contributed by atoms with Crippen LogP contribution in [0.4, 0.5) is 18.9 Å². The van der Waals surface area contributed by atoms with Crippen molar-refractivity contribution >= 4 is 34.8 Å². The summed E-state index contributed by atoms with van der Waals surface area (Å²) in [6.07, 6.45) is -6.93. The zero-order valence-electron chi connectivity index (χ0n) is 11.2. The van der Waals surface area contributed by atoms with Gasteiger partial charge in [-0.15, -0.1) is 0 Å². The van der Waals surface area contributed by atoms with Crippen LogP contribution in [0.15, 0.2) is 12.1 Å². The lowest BCUT2D eigenvalue weighted by molar-refractivity contribution is -0.216. The minimum atomic E-state index is -4.79. The molecule has 22 heavy (non-hydrogen) atoms. The molecule has 0 radical (unpaired) electrons. The van der Waals surface area contributed by atoms with Crippen LogP contribution in [-0.4, -0.2) is 40.8 Å². The minimum absolute atomic E-state index is 0.0328. The molecule has 1 saturated heterocycles. The third-order valence-corrected chi connectivity index (χ3v) is 4.21. The third-order valence-electron chi connectivity index (χ3n) is 3.59. The van der Waals surface area contributed by atoms with Crippen LogP contribution in [0.5, 0.6) is 0 Å². The van der Waals surface area contributed by atoms with Crippen molar-refractivity contribution in [2.45, 2.75) is 31.2 Å².